The van der Waals surface area contributed by atoms with Crippen LogP contribution >= 0.6 is 0 Å². The van der Waals surface area contributed by atoms with Gasteiger partial charge in [-0.15, -0.1) is 0 Å². The molecule has 2 aromatic carbocycles. The van der Waals surface area contributed by atoms with Crippen LogP contribution in [0.15, 0.2) is 54.6 Å². The van der Waals surface area contributed by atoms with E-state index in [4.69, 9.17) is 10.5 Å². The van der Waals surface area contributed by atoms with Crippen LogP contribution in [-0.2, 0) is 6.61 Å². The highest BCUT2D eigenvalue weighted by molar-refractivity contribution is 5.36. The van der Waals surface area contributed by atoms with Crippen LogP contribution < -0.4 is 10.5 Å². The van der Waals surface area contributed by atoms with Crippen LogP contribution in [-0.4, -0.2) is 24.5 Å². The lowest BCUT2D eigenvalue weighted by atomic mass is 10.0. The molecule has 1 unspecified atom stereocenters. The first-order valence-electron chi connectivity index (χ1n) is 8.58. The number of para-hydroxylation sites is 1. The second-order valence-electron chi connectivity index (χ2n) is 6.16. The summed E-state index contributed by atoms with van der Waals surface area (Å²) in [7, 11) is 0. The van der Waals surface area contributed by atoms with Crippen molar-refractivity contribution in [3.05, 3.63) is 65.7 Å². The summed E-state index contributed by atoms with van der Waals surface area (Å²) in [5.41, 5.74) is 8.51. The van der Waals surface area contributed by atoms with E-state index in [1.165, 1.54) is 30.4 Å². The molecule has 0 saturated carbocycles. The van der Waals surface area contributed by atoms with Gasteiger partial charge < -0.3 is 10.5 Å². The van der Waals surface area contributed by atoms with Gasteiger partial charge in [-0.25, -0.2) is 0 Å². The second kappa shape index (κ2) is 8.14. The Morgan fingerprint density at radius 3 is 2.35 bits per heavy atom. The minimum Gasteiger partial charge on any atom is -0.489 e. The zero-order valence-electron chi connectivity index (χ0n) is 13.7. The number of hydrogen-bond acceptors (Lipinski definition) is 3. The average molecular weight is 310 g/mol. The predicted molar refractivity (Wildman–Crippen MR) is 94.4 cm³/mol. The summed E-state index contributed by atoms with van der Waals surface area (Å²) in [6, 6.07) is 18.9. The van der Waals surface area contributed by atoms with E-state index < -0.39 is 0 Å². The van der Waals surface area contributed by atoms with Crippen LogP contribution in [0.25, 0.3) is 0 Å². The third-order valence-electron chi connectivity index (χ3n) is 4.57. The maximum absolute atomic E-state index is 6.11. The lowest BCUT2D eigenvalue weighted by molar-refractivity contribution is 0.163. The molecule has 0 aromatic heterocycles. The summed E-state index contributed by atoms with van der Waals surface area (Å²) in [6.07, 6.45) is 3.87. The van der Waals surface area contributed by atoms with E-state index in [2.05, 4.69) is 35.2 Å². The van der Waals surface area contributed by atoms with E-state index in [-0.39, 0.29) is 6.04 Å². The minimum absolute atomic E-state index is 0.252. The summed E-state index contributed by atoms with van der Waals surface area (Å²) in [5, 5.41) is 0. The fourth-order valence-corrected chi connectivity index (χ4v) is 3.33. The van der Waals surface area contributed by atoms with Crippen molar-refractivity contribution < 1.29 is 4.74 Å². The first-order valence-corrected chi connectivity index (χ1v) is 8.58. The molecular formula is C20H26N2O. The Morgan fingerprint density at radius 1 is 0.913 bits per heavy atom. The molecule has 0 aliphatic carbocycles. The number of hydrogen-bond donors (Lipinski definition) is 1. The van der Waals surface area contributed by atoms with Crippen molar-refractivity contribution in [3.8, 4) is 5.75 Å². The van der Waals surface area contributed by atoms with Crippen LogP contribution in [0.2, 0.25) is 0 Å². The smallest absolute Gasteiger partial charge is 0.124 e. The molecule has 0 bridgehead atoms. The van der Waals surface area contributed by atoms with Crippen molar-refractivity contribution >= 4 is 0 Å². The fraction of sp³-hybridized carbons (Fsp3) is 0.400. The van der Waals surface area contributed by atoms with E-state index >= 15 is 0 Å². The molecule has 3 heteroatoms. The molecule has 1 fully saturated rings. The number of benzene rings is 2. The highest BCUT2D eigenvalue weighted by Gasteiger charge is 2.23. The van der Waals surface area contributed by atoms with Gasteiger partial charge >= 0.3 is 0 Å². The van der Waals surface area contributed by atoms with Gasteiger partial charge in [0.1, 0.15) is 12.4 Å². The zero-order valence-corrected chi connectivity index (χ0v) is 13.7. The molecule has 23 heavy (non-hydrogen) atoms. The van der Waals surface area contributed by atoms with E-state index in [1.807, 2.05) is 24.3 Å². The third-order valence-corrected chi connectivity index (χ3v) is 4.57. The Morgan fingerprint density at radius 2 is 1.61 bits per heavy atom. The largest absolute Gasteiger partial charge is 0.489 e. The summed E-state index contributed by atoms with van der Waals surface area (Å²) in [4.78, 5) is 2.51. The van der Waals surface area contributed by atoms with Crippen LogP contribution in [0.3, 0.4) is 0 Å². The zero-order chi connectivity index (χ0) is 15.9. The molecule has 3 rings (SSSR count). The Labute approximate surface area is 139 Å². The van der Waals surface area contributed by atoms with Gasteiger partial charge in [-0.1, -0.05) is 55.0 Å². The van der Waals surface area contributed by atoms with Gasteiger partial charge in [0.15, 0.2) is 0 Å². The molecule has 0 amide bonds. The molecule has 1 saturated heterocycles. The molecule has 3 nitrogen and oxygen atoms in total. The van der Waals surface area contributed by atoms with Gasteiger partial charge in [0, 0.05) is 12.1 Å². The topological polar surface area (TPSA) is 38.5 Å². The van der Waals surface area contributed by atoms with Crippen molar-refractivity contribution in [3.63, 3.8) is 0 Å². The summed E-state index contributed by atoms with van der Waals surface area (Å²) < 4.78 is 6.11. The summed E-state index contributed by atoms with van der Waals surface area (Å²) in [6.45, 7) is 3.49. The monoisotopic (exact) mass is 310 g/mol. The Bertz CT molecular complexity index is 594. The summed E-state index contributed by atoms with van der Waals surface area (Å²) >= 11 is 0. The summed E-state index contributed by atoms with van der Waals surface area (Å²) in [5.74, 6) is 0.956. The number of rotatable bonds is 6. The Kier molecular flexibility index (Phi) is 5.67. The average Bonchev–Trinajstić information content (AvgIpc) is 2.63. The molecule has 2 aromatic rings. The normalized spacial score (nSPS) is 16.9. The molecule has 1 aliphatic rings. The second-order valence-corrected chi connectivity index (χ2v) is 6.16. The van der Waals surface area contributed by atoms with Crippen LogP contribution in [0.4, 0.5) is 0 Å². The SMILES string of the molecule is NCC(c1ccccc1OCc1ccccc1)N1CCCCC1. The van der Waals surface area contributed by atoms with Crippen molar-refractivity contribution in [2.24, 2.45) is 5.73 Å². The van der Waals surface area contributed by atoms with Gasteiger partial charge in [-0.05, 0) is 37.6 Å². The van der Waals surface area contributed by atoms with Gasteiger partial charge in [-0.3, -0.25) is 4.90 Å². The van der Waals surface area contributed by atoms with Crippen molar-refractivity contribution in [1.29, 1.82) is 0 Å². The van der Waals surface area contributed by atoms with Crippen molar-refractivity contribution in [1.82, 2.24) is 4.90 Å². The number of nitrogens with zero attached hydrogens (tertiary/aromatic N) is 1. The third kappa shape index (κ3) is 4.12. The fourth-order valence-electron chi connectivity index (χ4n) is 3.33. The lowest BCUT2D eigenvalue weighted by Gasteiger charge is -2.34. The highest BCUT2D eigenvalue weighted by Crippen LogP contribution is 2.31. The molecule has 122 valence electrons. The number of ether oxygens (including phenoxy) is 1. The van der Waals surface area contributed by atoms with Crippen molar-refractivity contribution in [2.75, 3.05) is 19.6 Å². The van der Waals surface area contributed by atoms with Gasteiger partial charge in [-0.2, -0.15) is 0 Å². The molecule has 1 heterocycles. The molecule has 0 spiro atoms. The van der Waals surface area contributed by atoms with Crippen LogP contribution in [0.5, 0.6) is 5.75 Å². The molecule has 1 aliphatic heterocycles. The van der Waals surface area contributed by atoms with Gasteiger partial charge in [0.2, 0.25) is 0 Å². The molecule has 2 N–H and O–H groups in total. The van der Waals surface area contributed by atoms with Crippen LogP contribution in [0, 0.1) is 0 Å². The number of nitrogens with two attached hydrogens (primary N) is 1. The highest BCUT2D eigenvalue weighted by atomic mass is 16.5. The molecular weight excluding hydrogens is 284 g/mol. The van der Waals surface area contributed by atoms with Crippen LogP contribution in [0.1, 0.15) is 36.4 Å². The lowest BCUT2D eigenvalue weighted by Crippen LogP contribution is -2.37. The first-order chi connectivity index (χ1) is 11.4. The van der Waals surface area contributed by atoms with Gasteiger partial charge in [0.25, 0.3) is 0 Å². The number of piperidine rings is 1. The maximum Gasteiger partial charge on any atom is 0.124 e. The Hall–Kier alpha value is -1.84. The quantitative estimate of drug-likeness (QED) is 0.883. The predicted octanol–water partition coefficient (Wildman–Crippen LogP) is 3.75. The van der Waals surface area contributed by atoms with Crippen molar-refractivity contribution in [2.45, 2.75) is 31.9 Å². The first kappa shape index (κ1) is 16.0. The maximum atomic E-state index is 6.11. The molecule has 0 radical (unpaired) electrons. The van der Waals surface area contributed by atoms with E-state index in [1.54, 1.807) is 0 Å². The molecule has 1 atom stereocenters. The standard InChI is InChI=1S/C20H26N2O/c21-15-19(22-13-7-2-8-14-22)18-11-5-6-12-20(18)23-16-17-9-3-1-4-10-17/h1,3-6,9-12,19H,2,7-8,13-16,21H2. The van der Waals surface area contributed by atoms with E-state index in [9.17, 15) is 0 Å². The Balaban J connectivity index is 1.75. The number of likely N-dealkylation sites (tertiary alicyclic amines) is 1. The van der Waals surface area contributed by atoms with E-state index in [0.717, 1.165) is 18.8 Å². The minimum atomic E-state index is 0.252. The van der Waals surface area contributed by atoms with Gasteiger partial charge in [0.05, 0.1) is 6.04 Å². The van der Waals surface area contributed by atoms with E-state index in [0.29, 0.717) is 13.2 Å².